The van der Waals surface area contributed by atoms with Crippen LogP contribution in [0.15, 0.2) is 42.5 Å². The van der Waals surface area contributed by atoms with Crippen LogP contribution in [0.4, 0.5) is 5.69 Å². The summed E-state index contributed by atoms with van der Waals surface area (Å²) in [6.07, 6.45) is 0.829. The number of amides is 1. The summed E-state index contributed by atoms with van der Waals surface area (Å²) in [7, 11) is 0. The molecule has 0 radical (unpaired) electrons. The van der Waals surface area contributed by atoms with E-state index in [9.17, 15) is 4.79 Å². The van der Waals surface area contributed by atoms with E-state index in [4.69, 9.17) is 23.2 Å². The SMILES string of the molecule is O=C(CSC[C@@H]1CC1(Cl)Cl)Nc1ccc2ccccc2c1. The molecule has 0 aromatic heterocycles. The van der Waals surface area contributed by atoms with Crippen molar-refractivity contribution >= 4 is 57.3 Å². The summed E-state index contributed by atoms with van der Waals surface area (Å²) in [4.78, 5) is 11.9. The number of fused-ring (bicyclic) bond motifs is 1. The molecule has 0 unspecified atom stereocenters. The van der Waals surface area contributed by atoms with Crippen molar-refractivity contribution in [2.75, 3.05) is 16.8 Å². The number of anilines is 1. The number of halogens is 2. The highest BCUT2D eigenvalue weighted by atomic mass is 35.5. The van der Waals surface area contributed by atoms with E-state index in [0.29, 0.717) is 11.7 Å². The van der Waals surface area contributed by atoms with Gasteiger partial charge in [0.05, 0.1) is 5.75 Å². The van der Waals surface area contributed by atoms with Gasteiger partial charge < -0.3 is 5.32 Å². The topological polar surface area (TPSA) is 29.1 Å². The predicted octanol–water partition coefficient (Wildman–Crippen LogP) is 4.71. The molecule has 1 aliphatic rings. The van der Waals surface area contributed by atoms with E-state index in [1.165, 1.54) is 5.39 Å². The van der Waals surface area contributed by atoms with Crippen LogP contribution >= 0.6 is 35.0 Å². The molecule has 1 saturated carbocycles. The molecule has 2 nitrogen and oxygen atoms in total. The van der Waals surface area contributed by atoms with Gasteiger partial charge in [0.25, 0.3) is 0 Å². The predicted molar refractivity (Wildman–Crippen MR) is 92.4 cm³/mol. The largest absolute Gasteiger partial charge is 0.325 e. The third kappa shape index (κ3) is 3.85. The molecule has 2 aromatic rings. The molecule has 0 heterocycles. The molecule has 3 rings (SSSR count). The molecule has 21 heavy (non-hydrogen) atoms. The highest BCUT2D eigenvalue weighted by molar-refractivity contribution is 8.00. The average molecular weight is 340 g/mol. The molecular weight excluding hydrogens is 325 g/mol. The minimum atomic E-state index is -0.554. The van der Waals surface area contributed by atoms with Gasteiger partial charge in [0.2, 0.25) is 5.91 Å². The Kier molecular flexibility index (Phi) is 4.34. The molecule has 0 bridgehead atoms. The van der Waals surface area contributed by atoms with Crippen LogP contribution in [-0.2, 0) is 4.79 Å². The van der Waals surface area contributed by atoms with Crippen LogP contribution in [0, 0.1) is 5.92 Å². The first-order valence-corrected chi connectivity index (χ1v) is 8.70. The fraction of sp³-hybridized carbons (Fsp3) is 0.312. The van der Waals surface area contributed by atoms with Crippen molar-refractivity contribution in [2.45, 2.75) is 10.8 Å². The maximum absolute atomic E-state index is 11.9. The van der Waals surface area contributed by atoms with E-state index >= 15 is 0 Å². The lowest BCUT2D eigenvalue weighted by Gasteiger charge is -2.06. The number of alkyl halides is 2. The minimum Gasteiger partial charge on any atom is -0.325 e. The lowest BCUT2D eigenvalue weighted by atomic mass is 10.1. The van der Waals surface area contributed by atoms with Gasteiger partial charge in [-0.25, -0.2) is 0 Å². The third-order valence-electron chi connectivity index (χ3n) is 3.54. The summed E-state index contributed by atoms with van der Waals surface area (Å²) in [5.41, 5.74) is 0.828. The summed E-state index contributed by atoms with van der Waals surface area (Å²) in [5, 5.41) is 5.21. The second kappa shape index (κ2) is 6.07. The lowest BCUT2D eigenvalue weighted by molar-refractivity contribution is -0.113. The van der Waals surface area contributed by atoms with Crippen molar-refractivity contribution in [3.63, 3.8) is 0 Å². The van der Waals surface area contributed by atoms with Gasteiger partial charge in [0, 0.05) is 11.6 Å². The van der Waals surface area contributed by atoms with Crippen LogP contribution in [0.3, 0.4) is 0 Å². The lowest BCUT2D eigenvalue weighted by Crippen LogP contribution is -2.14. The fourth-order valence-corrected chi connectivity index (χ4v) is 3.98. The van der Waals surface area contributed by atoms with Crippen LogP contribution in [-0.4, -0.2) is 21.7 Å². The van der Waals surface area contributed by atoms with Gasteiger partial charge in [-0.15, -0.1) is 23.2 Å². The zero-order valence-corrected chi connectivity index (χ0v) is 13.6. The number of carbonyl (C=O) groups is 1. The van der Waals surface area contributed by atoms with Gasteiger partial charge >= 0.3 is 0 Å². The molecule has 1 amide bonds. The zero-order chi connectivity index (χ0) is 14.9. The van der Waals surface area contributed by atoms with Crippen LogP contribution in [0.2, 0.25) is 0 Å². The summed E-state index contributed by atoms with van der Waals surface area (Å²) >= 11 is 13.5. The Morgan fingerprint density at radius 2 is 1.95 bits per heavy atom. The first kappa shape index (κ1) is 15.0. The minimum absolute atomic E-state index is 0.00526. The Morgan fingerprint density at radius 3 is 2.67 bits per heavy atom. The van der Waals surface area contributed by atoms with Gasteiger partial charge in [-0.2, -0.15) is 11.8 Å². The van der Waals surface area contributed by atoms with Crippen molar-refractivity contribution in [1.82, 2.24) is 0 Å². The van der Waals surface area contributed by atoms with Gasteiger partial charge in [-0.05, 0) is 35.1 Å². The number of benzene rings is 2. The first-order chi connectivity index (χ1) is 10.0. The number of rotatable bonds is 5. The zero-order valence-electron chi connectivity index (χ0n) is 11.3. The average Bonchev–Trinajstić information content (AvgIpc) is 3.06. The molecular formula is C16H15Cl2NOS. The van der Waals surface area contributed by atoms with E-state index in [0.717, 1.165) is 23.2 Å². The standard InChI is InChI=1S/C16H15Cl2NOS/c17-16(18)8-13(16)9-21-10-15(20)19-14-6-5-11-3-1-2-4-12(11)7-14/h1-7,13H,8-10H2,(H,19,20)/t13-/m0/s1. The van der Waals surface area contributed by atoms with E-state index < -0.39 is 4.33 Å². The van der Waals surface area contributed by atoms with Crippen LogP contribution < -0.4 is 5.32 Å². The summed E-state index contributed by atoms with van der Waals surface area (Å²) in [6.45, 7) is 0. The maximum atomic E-state index is 11.9. The molecule has 1 fully saturated rings. The van der Waals surface area contributed by atoms with Gasteiger partial charge in [-0.3, -0.25) is 4.79 Å². The summed E-state index contributed by atoms with van der Waals surface area (Å²) in [6, 6.07) is 14.0. The Bertz CT molecular complexity index is 674. The summed E-state index contributed by atoms with van der Waals surface area (Å²) < 4.78 is -0.554. The molecule has 1 aliphatic carbocycles. The molecule has 1 atom stereocenters. The van der Waals surface area contributed by atoms with Crippen molar-refractivity contribution in [2.24, 2.45) is 5.92 Å². The molecule has 2 aromatic carbocycles. The molecule has 0 saturated heterocycles. The molecule has 1 N–H and O–H groups in total. The molecule has 0 spiro atoms. The molecule has 0 aliphatic heterocycles. The monoisotopic (exact) mass is 339 g/mol. The van der Waals surface area contributed by atoms with Crippen molar-refractivity contribution in [1.29, 1.82) is 0 Å². The summed E-state index contributed by atoms with van der Waals surface area (Å²) in [5.74, 6) is 1.58. The second-order valence-corrected chi connectivity index (χ2v) is 7.86. The second-order valence-electron chi connectivity index (χ2n) is 5.29. The van der Waals surface area contributed by atoms with E-state index in [1.807, 2.05) is 36.4 Å². The number of hydrogen-bond acceptors (Lipinski definition) is 2. The van der Waals surface area contributed by atoms with Gasteiger partial charge in [-0.1, -0.05) is 30.3 Å². The van der Waals surface area contributed by atoms with Gasteiger partial charge in [0.15, 0.2) is 0 Å². The molecule has 110 valence electrons. The van der Waals surface area contributed by atoms with E-state index in [1.54, 1.807) is 11.8 Å². The highest BCUT2D eigenvalue weighted by Gasteiger charge is 2.51. The number of carbonyl (C=O) groups excluding carboxylic acids is 1. The normalized spacial score (nSPS) is 19.4. The quantitative estimate of drug-likeness (QED) is 0.799. The Balaban J connectivity index is 1.51. The van der Waals surface area contributed by atoms with Crippen LogP contribution in [0.25, 0.3) is 10.8 Å². The third-order valence-corrected chi connectivity index (χ3v) is 5.57. The van der Waals surface area contributed by atoms with Crippen molar-refractivity contribution < 1.29 is 4.79 Å². The van der Waals surface area contributed by atoms with Crippen LogP contribution in [0.5, 0.6) is 0 Å². The van der Waals surface area contributed by atoms with E-state index in [-0.39, 0.29) is 5.91 Å². The fourth-order valence-electron chi connectivity index (χ4n) is 2.21. The Hall–Kier alpha value is -0.900. The Labute approximate surface area is 138 Å². The molecule has 5 heteroatoms. The van der Waals surface area contributed by atoms with Crippen LogP contribution in [0.1, 0.15) is 6.42 Å². The van der Waals surface area contributed by atoms with Gasteiger partial charge in [0.1, 0.15) is 4.33 Å². The number of hydrogen-bond donors (Lipinski definition) is 1. The smallest absolute Gasteiger partial charge is 0.234 e. The van der Waals surface area contributed by atoms with Crippen molar-refractivity contribution in [3.8, 4) is 0 Å². The highest BCUT2D eigenvalue weighted by Crippen LogP contribution is 2.54. The van der Waals surface area contributed by atoms with Crippen molar-refractivity contribution in [3.05, 3.63) is 42.5 Å². The Morgan fingerprint density at radius 1 is 1.24 bits per heavy atom. The number of nitrogens with one attached hydrogen (secondary N) is 1. The maximum Gasteiger partial charge on any atom is 0.234 e. The first-order valence-electron chi connectivity index (χ1n) is 6.79. The van der Waals surface area contributed by atoms with E-state index in [2.05, 4.69) is 11.4 Å². The number of thioether (sulfide) groups is 1.